The molecule has 0 aromatic heterocycles. The van der Waals surface area contributed by atoms with Gasteiger partial charge in [-0.15, -0.1) is 0 Å². The summed E-state index contributed by atoms with van der Waals surface area (Å²) in [5.74, 6) is -0.376. The minimum absolute atomic E-state index is 0.0756. The van der Waals surface area contributed by atoms with E-state index in [-0.39, 0.29) is 23.4 Å². The lowest BCUT2D eigenvalue weighted by Crippen LogP contribution is -2.46. The Bertz CT molecular complexity index is 628. The number of amides is 2. The van der Waals surface area contributed by atoms with Gasteiger partial charge in [0.1, 0.15) is 5.82 Å². The summed E-state index contributed by atoms with van der Waals surface area (Å²) in [6.45, 7) is 3.50. The van der Waals surface area contributed by atoms with Gasteiger partial charge in [-0.05, 0) is 50.3 Å². The third-order valence-electron chi connectivity index (χ3n) is 4.70. The third kappa shape index (κ3) is 5.99. The van der Waals surface area contributed by atoms with E-state index in [4.69, 9.17) is 11.6 Å². The molecule has 0 radical (unpaired) electrons. The maximum absolute atomic E-state index is 13.2. The first-order valence-electron chi connectivity index (χ1n) is 8.81. The van der Waals surface area contributed by atoms with Crippen LogP contribution in [0.1, 0.15) is 57.9 Å². The average molecular weight is 369 g/mol. The van der Waals surface area contributed by atoms with E-state index in [1.165, 1.54) is 31.4 Å². The van der Waals surface area contributed by atoms with E-state index in [1.807, 2.05) is 0 Å². The van der Waals surface area contributed by atoms with Gasteiger partial charge in [-0.1, -0.05) is 36.9 Å². The van der Waals surface area contributed by atoms with Crippen LogP contribution in [0.5, 0.6) is 0 Å². The standard InChI is InChI=1S/C19H26ClFN2O2/c1-19(2,15-9-8-14(21)11-16(15)20)23-18(25)12-22-17(24)10-13-6-4-3-5-7-13/h8-9,11,13H,3-7,10,12H2,1-2H3,(H,22,24)(H,23,25). The Balaban J connectivity index is 1.83. The van der Waals surface area contributed by atoms with Gasteiger partial charge >= 0.3 is 0 Å². The van der Waals surface area contributed by atoms with Crippen LogP contribution < -0.4 is 10.6 Å². The Morgan fingerprint density at radius 3 is 2.52 bits per heavy atom. The summed E-state index contributed by atoms with van der Waals surface area (Å²) in [7, 11) is 0. The normalized spacial score (nSPS) is 15.7. The van der Waals surface area contributed by atoms with Crippen molar-refractivity contribution in [2.45, 2.75) is 57.9 Å². The maximum Gasteiger partial charge on any atom is 0.240 e. The molecule has 0 unspecified atom stereocenters. The fraction of sp³-hybridized carbons (Fsp3) is 0.579. The Kier molecular flexibility index (Phi) is 6.82. The van der Waals surface area contributed by atoms with E-state index < -0.39 is 11.4 Å². The second-order valence-corrected chi connectivity index (χ2v) is 7.69. The van der Waals surface area contributed by atoms with E-state index in [0.717, 1.165) is 12.8 Å². The van der Waals surface area contributed by atoms with Crippen molar-refractivity contribution in [1.82, 2.24) is 10.6 Å². The number of carbonyl (C=O) groups excluding carboxylic acids is 2. The lowest BCUT2D eigenvalue weighted by Gasteiger charge is -2.28. The summed E-state index contributed by atoms with van der Waals surface area (Å²) in [6, 6.07) is 4.08. The topological polar surface area (TPSA) is 58.2 Å². The molecule has 1 fully saturated rings. The summed E-state index contributed by atoms with van der Waals surface area (Å²) in [5, 5.41) is 5.77. The fourth-order valence-electron chi connectivity index (χ4n) is 3.36. The first-order valence-corrected chi connectivity index (χ1v) is 9.19. The molecule has 25 heavy (non-hydrogen) atoms. The molecule has 0 bridgehead atoms. The minimum atomic E-state index is -0.768. The molecule has 2 amide bonds. The molecule has 1 saturated carbocycles. The van der Waals surface area contributed by atoms with Crippen molar-refractivity contribution in [1.29, 1.82) is 0 Å². The molecule has 0 spiro atoms. The van der Waals surface area contributed by atoms with Gasteiger partial charge in [0.25, 0.3) is 0 Å². The molecule has 138 valence electrons. The van der Waals surface area contributed by atoms with Crippen molar-refractivity contribution in [3.05, 3.63) is 34.6 Å². The van der Waals surface area contributed by atoms with Crippen molar-refractivity contribution < 1.29 is 14.0 Å². The summed E-state index contributed by atoms with van der Waals surface area (Å²) in [6.07, 6.45) is 6.30. The number of benzene rings is 1. The van der Waals surface area contributed by atoms with Crippen LogP contribution >= 0.6 is 11.6 Å². The smallest absolute Gasteiger partial charge is 0.240 e. The minimum Gasteiger partial charge on any atom is -0.347 e. The van der Waals surface area contributed by atoms with Crippen molar-refractivity contribution in [3.8, 4) is 0 Å². The molecule has 0 aliphatic heterocycles. The number of rotatable bonds is 6. The van der Waals surface area contributed by atoms with Crippen LogP contribution in [-0.4, -0.2) is 18.4 Å². The van der Waals surface area contributed by atoms with Gasteiger partial charge in [0, 0.05) is 11.4 Å². The lowest BCUT2D eigenvalue weighted by atomic mass is 9.87. The van der Waals surface area contributed by atoms with Gasteiger partial charge in [-0.25, -0.2) is 4.39 Å². The highest BCUT2D eigenvalue weighted by Gasteiger charge is 2.26. The molecule has 0 saturated heterocycles. The van der Waals surface area contributed by atoms with Crippen molar-refractivity contribution >= 4 is 23.4 Å². The van der Waals surface area contributed by atoms with E-state index in [0.29, 0.717) is 17.9 Å². The zero-order chi connectivity index (χ0) is 18.4. The molecule has 1 aliphatic carbocycles. The van der Waals surface area contributed by atoms with Gasteiger partial charge < -0.3 is 10.6 Å². The molecular weight excluding hydrogens is 343 g/mol. The SMILES string of the molecule is CC(C)(NC(=O)CNC(=O)CC1CCCCC1)c1ccc(F)cc1Cl. The summed E-state index contributed by atoms with van der Waals surface area (Å²) in [5.41, 5.74) is -0.145. The quantitative estimate of drug-likeness (QED) is 0.799. The number of carbonyl (C=O) groups is 2. The molecule has 0 heterocycles. The molecule has 2 N–H and O–H groups in total. The van der Waals surface area contributed by atoms with Crippen LogP contribution in [0.2, 0.25) is 5.02 Å². The van der Waals surface area contributed by atoms with E-state index >= 15 is 0 Å². The first kappa shape index (κ1) is 19.7. The third-order valence-corrected chi connectivity index (χ3v) is 5.01. The number of hydrogen-bond acceptors (Lipinski definition) is 2. The number of nitrogens with one attached hydrogen (secondary N) is 2. The van der Waals surface area contributed by atoms with Gasteiger partial charge in [0.15, 0.2) is 0 Å². The van der Waals surface area contributed by atoms with Crippen LogP contribution in [0, 0.1) is 11.7 Å². The highest BCUT2D eigenvalue weighted by atomic mass is 35.5. The van der Waals surface area contributed by atoms with Gasteiger partial charge in [-0.2, -0.15) is 0 Å². The molecule has 1 aliphatic rings. The maximum atomic E-state index is 13.2. The van der Waals surface area contributed by atoms with Crippen LogP contribution in [0.3, 0.4) is 0 Å². The zero-order valence-corrected chi connectivity index (χ0v) is 15.6. The zero-order valence-electron chi connectivity index (χ0n) is 14.8. The summed E-state index contributed by atoms with van der Waals surface area (Å²) in [4.78, 5) is 24.2. The molecule has 4 nitrogen and oxygen atoms in total. The predicted octanol–water partition coefficient (Wildman–Crippen LogP) is 3.92. The van der Waals surface area contributed by atoms with E-state index in [1.54, 1.807) is 19.9 Å². The van der Waals surface area contributed by atoms with Gasteiger partial charge in [0.2, 0.25) is 11.8 Å². The highest BCUT2D eigenvalue weighted by molar-refractivity contribution is 6.31. The highest BCUT2D eigenvalue weighted by Crippen LogP contribution is 2.28. The number of halogens is 2. The predicted molar refractivity (Wildman–Crippen MR) is 96.8 cm³/mol. The molecular formula is C19H26ClFN2O2. The Labute approximate surface area is 153 Å². The second-order valence-electron chi connectivity index (χ2n) is 7.28. The lowest BCUT2D eigenvalue weighted by molar-refractivity contribution is -0.127. The first-order chi connectivity index (χ1) is 11.8. The monoisotopic (exact) mass is 368 g/mol. The molecule has 0 atom stereocenters. The number of hydrogen-bond donors (Lipinski definition) is 2. The van der Waals surface area contributed by atoms with Gasteiger partial charge in [0.05, 0.1) is 12.1 Å². The van der Waals surface area contributed by atoms with Crippen LogP contribution in [0.15, 0.2) is 18.2 Å². The average Bonchev–Trinajstić information content (AvgIpc) is 2.53. The molecule has 2 rings (SSSR count). The van der Waals surface area contributed by atoms with Crippen molar-refractivity contribution in [2.24, 2.45) is 5.92 Å². The Morgan fingerprint density at radius 1 is 1.20 bits per heavy atom. The van der Waals surface area contributed by atoms with Crippen molar-refractivity contribution in [3.63, 3.8) is 0 Å². The Morgan fingerprint density at radius 2 is 1.88 bits per heavy atom. The molecule has 1 aromatic rings. The largest absolute Gasteiger partial charge is 0.347 e. The van der Waals surface area contributed by atoms with E-state index in [9.17, 15) is 14.0 Å². The Hall–Kier alpha value is -1.62. The fourth-order valence-corrected chi connectivity index (χ4v) is 3.76. The van der Waals surface area contributed by atoms with Gasteiger partial charge in [-0.3, -0.25) is 9.59 Å². The van der Waals surface area contributed by atoms with Crippen molar-refractivity contribution in [2.75, 3.05) is 6.54 Å². The second kappa shape index (κ2) is 8.65. The van der Waals surface area contributed by atoms with Crippen LogP contribution in [0.4, 0.5) is 4.39 Å². The van der Waals surface area contributed by atoms with Crippen LogP contribution in [-0.2, 0) is 15.1 Å². The molecule has 1 aromatic carbocycles. The van der Waals surface area contributed by atoms with Crippen LogP contribution in [0.25, 0.3) is 0 Å². The summed E-state index contributed by atoms with van der Waals surface area (Å²) < 4.78 is 13.2. The molecule has 6 heteroatoms. The summed E-state index contributed by atoms with van der Waals surface area (Å²) >= 11 is 6.07. The van der Waals surface area contributed by atoms with E-state index in [2.05, 4.69) is 10.6 Å².